The summed E-state index contributed by atoms with van der Waals surface area (Å²) in [4.78, 5) is 12.1. The number of ether oxygens (including phenoxy) is 1. The zero-order chi connectivity index (χ0) is 18.4. The van der Waals surface area contributed by atoms with Crippen LogP contribution >= 0.6 is 0 Å². The number of benzene rings is 2. The Balaban J connectivity index is 1.80. The molecule has 0 aliphatic heterocycles. The number of allylic oxidation sites excluding steroid dienone is 1. The lowest BCUT2D eigenvalue weighted by Crippen LogP contribution is -2.28. The van der Waals surface area contributed by atoms with Crippen molar-refractivity contribution in [3.8, 4) is 5.75 Å². The molecule has 0 N–H and O–H groups in total. The molecule has 0 saturated heterocycles. The number of carbonyl (C=O) groups excluding carboxylic acids is 1. The van der Waals surface area contributed by atoms with E-state index in [4.69, 9.17) is 4.74 Å². The number of hydrogen-bond donors (Lipinski definition) is 0. The number of carbonyl (C=O) groups is 1. The van der Waals surface area contributed by atoms with Gasteiger partial charge in [0.15, 0.2) is 11.9 Å². The van der Waals surface area contributed by atoms with Crippen LogP contribution in [0.2, 0.25) is 0 Å². The minimum atomic E-state index is -0.557. The van der Waals surface area contributed by atoms with Crippen LogP contribution in [0.3, 0.4) is 0 Å². The number of ketones is 1. The van der Waals surface area contributed by atoms with E-state index in [1.165, 1.54) is 37.7 Å². The first-order chi connectivity index (χ1) is 12.6. The highest BCUT2D eigenvalue weighted by molar-refractivity contribution is 5.82. The molecule has 1 fully saturated rings. The van der Waals surface area contributed by atoms with Crippen LogP contribution in [-0.4, -0.2) is 5.78 Å². The van der Waals surface area contributed by atoms with Crippen molar-refractivity contribution < 1.29 is 9.53 Å². The lowest BCUT2D eigenvalue weighted by atomic mass is 9.67. The molecule has 2 heteroatoms. The largest absolute Gasteiger partial charge is 0.478 e. The predicted molar refractivity (Wildman–Crippen MR) is 107 cm³/mol. The van der Waals surface area contributed by atoms with Gasteiger partial charge in [-0.25, -0.2) is 0 Å². The Hall–Kier alpha value is -2.35. The van der Waals surface area contributed by atoms with Gasteiger partial charge in [0.25, 0.3) is 0 Å². The maximum absolute atomic E-state index is 12.1. The van der Waals surface area contributed by atoms with Crippen LogP contribution in [0.4, 0.5) is 0 Å². The monoisotopic (exact) mass is 348 g/mol. The van der Waals surface area contributed by atoms with Gasteiger partial charge in [0.05, 0.1) is 0 Å². The summed E-state index contributed by atoms with van der Waals surface area (Å²) >= 11 is 0. The van der Waals surface area contributed by atoms with Crippen molar-refractivity contribution in [2.45, 2.75) is 57.0 Å². The average Bonchev–Trinajstić information content (AvgIpc) is 2.68. The van der Waals surface area contributed by atoms with E-state index < -0.39 is 6.10 Å². The van der Waals surface area contributed by atoms with E-state index in [1.54, 1.807) is 6.92 Å². The minimum absolute atomic E-state index is 0.00989. The minimum Gasteiger partial charge on any atom is -0.478 e. The first-order valence-corrected chi connectivity index (χ1v) is 9.58. The van der Waals surface area contributed by atoms with E-state index in [0.29, 0.717) is 0 Å². The van der Waals surface area contributed by atoms with Gasteiger partial charge in [0.1, 0.15) is 5.75 Å². The van der Waals surface area contributed by atoms with E-state index in [1.807, 2.05) is 42.5 Å². The van der Waals surface area contributed by atoms with Gasteiger partial charge >= 0.3 is 0 Å². The summed E-state index contributed by atoms with van der Waals surface area (Å²) in [6.07, 6.45) is 8.86. The van der Waals surface area contributed by atoms with E-state index in [2.05, 4.69) is 24.8 Å². The molecule has 0 spiro atoms. The highest BCUT2D eigenvalue weighted by Crippen LogP contribution is 2.43. The lowest BCUT2D eigenvalue weighted by Gasteiger charge is -2.37. The molecule has 1 aliphatic rings. The van der Waals surface area contributed by atoms with Crippen molar-refractivity contribution in [3.63, 3.8) is 0 Å². The Morgan fingerprint density at radius 3 is 2.31 bits per heavy atom. The molecule has 2 aromatic carbocycles. The average molecular weight is 348 g/mol. The summed E-state index contributed by atoms with van der Waals surface area (Å²) in [6.45, 7) is 5.55. The van der Waals surface area contributed by atoms with Crippen molar-refractivity contribution in [3.05, 3.63) is 78.4 Å². The van der Waals surface area contributed by atoms with Crippen LogP contribution in [0, 0.1) is 0 Å². The van der Waals surface area contributed by atoms with Crippen LogP contribution in [0.15, 0.2) is 67.3 Å². The molecule has 136 valence electrons. The van der Waals surface area contributed by atoms with Crippen molar-refractivity contribution in [1.29, 1.82) is 0 Å². The van der Waals surface area contributed by atoms with Crippen LogP contribution in [0.1, 0.15) is 62.7 Å². The molecule has 2 nitrogen and oxygen atoms in total. The standard InChI is InChI=1S/C24H28O2/c1-3-16-24(17-8-5-9-18-24)21-12-14-22(15-13-21)26-23(19(2)25)20-10-6-4-7-11-20/h3-4,6-7,10-15,23H,1,5,8-9,16-18H2,2H3. The summed E-state index contributed by atoms with van der Waals surface area (Å²) < 4.78 is 6.03. The van der Waals surface area contributed by atoms with Crippen LogP contribution in [0.25, 0.3) is 0 Å². The van der Waals surface area contributed by atoms with Crippen molar-refractivity contribution >= 4 is 5.78 Å². The second kappa shape index (κ2) is 8.35. The molecule has 0 aromatic heterocycles. The topological polar surface area (TPSA) is 26.3 Å². The summed E-state index contributed by atoms with van der Waals surface area (Å²) in [5.41, 5.74) is 2.47. The second-order valence-corrected chi connectivity index (χ2v) is 7.38. The summed E-state index contributed by atoms with van der Waals surface area (Å²) in [7, 11) is 0. The van der Waals surface area contributed by atoms with Crippen molar-refractivity contribution in [2.24, 2.45) is 0 Å². The first kappa shape index (κ1) is 18.4. The molecule has 1 atom stereocenters. The molecule has 3 rings (SSSR count). The fourth-order valence-electron chi connectivity index (χ4n) is 4.15. The number of rotatable bonds is 7. The van der Waals surface area contributed by atoms with E-state index in [9.17, 15) is 4.79 Å². The maximum atomic E-state index is 12.1. The number of Topliss-reactive ketones (excluding diaryl/α,β-unsaturated/α-hetero) is 1. The fourth-order valence-corrected chi connectivity index (χ4v) is 4.15. The van der Waals surface area contributed by atoms with E-state index in [-0.39, 0.29) is 11.2 Å². The highest BCUT2D eigenvalue weighted by Gasteiger charge is 2.32. The molecule has 0 amide bonds. The Kier molecular flexibility index (Phi) is 5.92. The highest BCUT2D eigenvalue weighted by atomic mass is 16.5. The molecule has 0 radical (unpaired) electrons. The maximum Gasteiger partial charge on any atom is 0.181 e. The van der Waals surface area contributed by atoms with Gasteiger partial charge in [0, 0.05) is 0 Å². The van der Waals surface area contributed by atoms with Crippen molar-refractivity contribution in [2.75, 3.05) is 0 Å². The van der Waals surface area contributed by atoms with Crippen LogP contribution in [0.5, 0.6) is 5.75 Å². The molecular weight excluding hydrogens is 320 g/mol. The molecule has 1 unspecified atom stereocenters. The summed E-state index contributed by atoms with van der Waals surface area (Å²) in [6, 6.07) is 18.0. The third-order valence-corrected chi connectivity index (χ3v) is 5.54. The van der Waals surface area contributed by atoms with E-state index >= 15 is 0 Å². The normalized spacial score (nSPS) is 17.3. The van der Waals surface area contributed by atoms with Crippen molar-refractivity contribution in [1.82, 2.24) is 0 Å². The molecule has 1 saturated carbocycles. The molecule has 1 aliphatic carbocycles. The zero-order valence-corrected chi connectivity index (χ0v) is 15.6. The fraction of sp³-hybridized carbons (Fsp3) is 0.375. The van der Waals surface area contributed by atoms with Gasteiger partial charge in [-0.15, -0.1) is 6.58 Å². The smallest absolute Gasteiger partial charge is 0.181 e. The first-order valence-electron chi connectivity index (χ1n) is 9.58. The van der Waals surface area contributed by atoms with Gasteiger partial charge in [-0.1, -0.05) is 67.8 Å². The Morgan fingerprint density at radius 2 is 1.73 bits per heavy atom. The Bertz CT molecular complexity index is 725. The van der Waals surface area contributed by atoms with Gasteiger partial charge in [-0.2, -0.15) is 0 Å². The third kappa shape index (κ3) is 4.07. The van der Waals surface area contributed by atoms with Gasteiger partial charge in [-0.05, 0) is 54.9 Å². The van der Waals surface area contributed by atoms with Crippen LogP contribution in [-0.2, 0) is 10.2 Å². The lowest BCUT2D eigenvalue weighted by molar-refractivity contribution is -0.123. The Labute approximate surface area is 156 Å². The summed E-state index contributed by atoms with van der Waals surface area (Å²) in [5.74, 6) is 0.748. The predicted octanol–water partition coefficient (Wildman–Crippen LogP) is 6.17. The SMILES string of the molecule is C=CCC1(c2ccc(OC(C(C)=O)c3ccccc3)cc2)CCCCC1. The quantitative estimate of drug-likeness (QED) is 0.559. The third-order valence-electron chi connectivity index (χ3n) is 5.54. The summed E-state index contributed by atoms with van der Waals surface area (Å²) in [5, 5.41) is 0. The van der Waals surface area contributed by atoms with Gasteiger partial charge in [-0.3, -0.25) is 4.79 Å². The van der Waals surface area contributed by atoms with Gasteiger partial charge < -0.3 is 4.74 Å². The van der Waals surface area contributed by atoms with Gasteiger partial charge in [0.2, 0.25) is 0 Å². The van der Waals surface area contributed by atoms with Crippen LogP contribution < -0.4 is 4.74 Å². The van der Waals surface area contributed by atoms with E-state index in [0.717, 1.165) is 17.7 Å². The molecule has 0 bridgehead atoms. The zero-order valence-electron chi connectivity index (χ0n) is 15.6. The molecule has 2 aromatic rings. The molecule has 0 heterocycles. The molecular formula is C24H28O2. The molecule has 26 heavy (non-hydrogen) atoms. The number of hydrogen-bond acceptors (Lipinski definition) is 2. The second-order valence-electron chi connectivity index (χ2n) is 7.38. The Morgan fingerprint density at radius 1 is 1.08 bits per heavy atom.